The van der Waals surface area contributed by atoms with Crippen molar-refractivity contribution in [3.05, 3.63) is 175 Å². The average Bonchev–Trinajstić information content (AvgIpc) is 3.56. The van der Waals surface area contributed by atoms with E-state index in [1.54, 1.807) is 6.20 Å². The molecule has 0 unspecified atom stereocenters. The summed E-state index contributed by atoms with van der Waals surface area (Å²) in [4.78, 5) is 13.4. The standard InChI is InChI=1S/C34H23N2O.C11H8N.Ir/c1-21-18-25-14-16-35-20-30(25)32(22(21)2)29-13-7-11-27-26-10-6-12-28(33(26)37-34(27)29)31-19-24(15-17-36-31)23-8-4-3-5-9-23;1-2-6-10(7-3-1)11-8-4-5-9-12-11;/h3-11,13-20H,1-2H3;1-6,8-9H;/q2*-1;. The Bertz CT molecular complexity index is 2530. The summed E-state index contributed by atoms with van der Waals surface area (Å²) >= 11 is 0. The molecule has 0 N–H and O–H groups in total. The SMILES string of the molecule is Cc1cc2ccncc2c(-c2cccc3c2oc2c(-c4cc(-c5ccccc5)ccn4)[c-]ccc23)c1C.[Ir].[c-]1ccccc1-c1ccccn1. The van der Waals surface area contributed by atoms with Crippen LogP contribution in [0.4, 0.5) is 0 Å². The maximum atomic E-state index is 6.72. The van der Waals surface area contributed by atoms with Crippen LogP contribution in [0.2, 0.25) is 0 Å². The summed E-state index contributed by atoms with van der Waals surface area (Å²) in [5, 5.41) is 4.45. The molecule has 5 heteroatoms. The van der Waals surface area contributed by atoms with E-state index in [1.807, 2.05) is 79.3 Å². The van der Waals surface area contributed by atoms with Gasteiger partial charge in [-0.05, 0) is 76.6 Å². The van der Waals surface area contributed by atoms with E-state index in [4.69, 9.17) is 9.40 Å². The fraction of sp³-hybridized carbons (Fsp3) is 0.0444. The first-order valence-corrected chi connectivity index (χ1v) is 16.3. The van der Waals surface area contributed by atoms with Crippen molar-refractivity contribution in [1.82, 2.24) is 15.0 Å². The molecule has 4 nitrogen and oxygen atoms in total. The second-order valence-corrected chi connectivity index (χ2v) is 12.0. The number of para-hydroxylation sites is 1. The van der Waals surface area contributed by atoms with E-state index in [-0.39, 0.29) is 20.1 Å². The van der Waals surface area contributed by atoms with Crippen molar-refractivity contribution in [2.45, 2.75) is 13.8 Å². The van der Waals surface area contributed by atoms with Gasteiger partial charge < -0.3 is 14.4 Å². The van der Waals surface area contributed by atoms with Gasteiger partial charge >= 0.3 is 0 Å². The molecule has 0 aliphatic rings. The Morgan fingerprint density at radius 3 is 2.22 bits per heavy atom. The number of aryl methyl sites for hydroxylation is 1. The summed E-state index contributed by atoms with van der Waals surface area (Å²) in [7, 11) is 0. The molecule has 5 aromatic carbocycles. The van der Waals surface area contributed by atoms with Gasteiger partial charge in [0.1, 0.15) is 5.58 Å². The van der Waals surface area contributed by atoms with E-state index in [0.29, 0.717) is 0 Å². The van der Waals surface area contributed by atoms with Gasteiger partial charge in [0.05, 0.1) is 5.58 Å². The largest absolute Gasteiger partial charge is 0.500 e. The fourth-order valence-corrected chi connectivity index (χ4v) is 6.43. The predicted octanol–water partition coefficient (Wildman–Crippen LogP) is 11.5. The number of benzene rings is 5. The molecular weight excluding hydrogens is 791 g/mol. The Hall–Kier alpha value is -5.74. The van der Waals surface area contributed by atoms with Crippen LogP contribution >= 0.6 is 0 Å². The molecule has 4 aromatic heterocycles. The molecular formula is C45H31IrN3O-2. The molecule has 0 bridgehead atoms. The first kappa shape index (κ1) is 32.8. The number of pyridine rings is 3. The van der Waals surface area contributed by atoms with Crippen LogP contribution in [0.5, 0.6) is 0 Å². The van der Waals surface area contributed by atoms with E-state index in [0.717, 1.165) is 66.5 Å². The zero-order valence-electron chi connectivity index (χ0n) is 27.5. The van der Waals surface area contributed by atoms with Crippen molar-refractivity contribution in [3.63, 3.8) is 0 Å². The summed E-state index contributed by atoms with van der Waals surface area (Å²) in [6.45, 7) is 4.34. The number of hydrogen-bond donors (Lipinski definition) is 0. The normalized spacial score (nSPS) is 10.8. The first-order valence-electron chi connectivity index (χ1n) is 16.3. The third kappa shape index (κ3) is 6.25. The number of hydrogen-bond acceptors (Lipinski definition) is 4. The minimum absolute atomic E-state index is 0. The number of fused-ring (bicyclic) bond motifs is 4. The number of furan rings is 1. The molecule has 50 heavy (non-hydrogen) atoms. The van der Waals surface area contributed by atoms with E-state index in [2.05, 4.69) is 103 Å². The Kier molecular flexibility index (Phi) is 9.44. The van der Waals surface area contributed by atoms with Gasteiger partial charge in [0, 0.05) is 61.2 Å². The van der Waals surface area contributed by atoms with Gasteiger partial charge in [-0.25, -0.2) is 0 Å². The molecule has 9 aromatic rings. The monoisotopic (exact) mass is 822 g/mol. The topological polar surface area (TPSA) is 51.8 Å². The third-order valence-corrected chi connectivity index (χ3v) is 8.96. The number of aromatic nitrogens is 3. The molecule has 0 saturated heterocycles. The third-order valence-electron chi connectivity index (χ3n) is 8.96. The van der Waals surface area contributed by atoms with Gasteiger partial charge in [-0.2, -0.15) is 0 Å². The summed E-state index contributed by atoms with van der Waals surface area (Å²) in [6, 6.07) is 49.5. The van der Waals surface area contributed by atoms with E-state index in [1.165, 1.54) is 22.1 Å². The molecule has 243 valence electrons. The smallest absolute Gasteiger partial charge is 0.128 e. The Morgan fingerprint density at radius 2 is 1.40 bits per heavy atom. The Labute approximate surface area is 304 Å². The molecule has 0 saturated carbocycles. The maximum Gasteiger partial charge on any atom is 0.128 e. The second-order valence-electron chi connectivity index (χ2n) is 12.0. The first-order chi connectivity index (χ1) is 24.2. The summed E-state index contributed by atoms with van der Waals surface area (Å²) < 4.78 is 6.72. The van der Waals surface area contributed by atoms with E-state index >= 15 is 0 Å². The van der Waals surface area contributed by atoms with Crippen molar-refractivity contribution in [1.29, 1.82) is 0 Å². The van der Waals surface area contributed by atoms with Crippen molar-refractivity contribution in [3.8, 4) is 44.8 Å². The summed E-state index contributed by atoms with van der Waals surface area (Å²) in [6.07, 6.45) is 7.45. The van der Waals surface area contributed by atoms with Crippen LogP contribution in [0.1, 0.15) is 11.1 Å². The van der Waals surface area contributed by atoms with Crippen LogP contribution in [-0.4, -0.2) is 15.0 Å². The molecule has 0 aliphatic carbocycles. The van der Waals surface area contributed by atoms with Gasteiger partial charge in [0.25, 0.3) is 0 Å². The van der Waals surface area contributed by atoms with E-state index in [9.17, 15) is 0 Å². The molecule has 0 spiro atoms. The van der Waals surface area contributed by atoms with E-state index < -0.39 is 0 Å². The van der Waals surface area contributed by atoms with Crippen molar-refractivity contribution < 1.29 is 24.5 Å². The molecule has 1 radical (unpaired) electrons. The van der Waals surface area contributed by atoms with Gasteiger partial charge in [-0.15, -0.1) is 54.1 Å². The molecule has 4 heterocycles. The number of nitrogens with zero attached hydrogens (tertiary/aromatic N) is 3. The maximum absolute atomic E-state index is 6.72. The van der Waals surface area contributed by atoms with Crippen LogP contribution in [0.25, 0.3) is 77.5 Å². The molecule has 0 aliphatic heterocycles. The minimum atomic E-state index is 0. The van der Waals surface area contributed by atoms with Crippen LogP contribution in [-0.2, 0) is 20.1 Å². The van der Waals surface area contributed by atoms with Crippen molar-refractivity contribution in [2.24, 2.45) is 0 Å². The predicted molar refractivity (Wildman–Crippen MR) is 200 cm³/mol. The van der Waals surface area contributed by atoms with Crippen molar-refractivity contribution in [2.75, 3.05) is 0 Å². The van der Waals surface area contributed by atoms with Crippen LogP contribution in [0.15, 0.2) is 157 Å². The van der Waals surface area contributed by atoms with Crippen molar-refractivity contribution >= 4 is 32.7 Å². The Morgan fingerprint density at radius 1 is 0.580 bits per heavy atom. The van der Waals surface area contributed by atoms with Crippen LogP contribution in [0, 0.1) is 26.0 Å². The van der Waals surface area contributed by atoms with Crippen LogP contribution < -0.4 is 0 Å². The van der Waals surface area contributed by atoms with Gasteiger partial charge in [-0.1, -0.05) is 83.7 Å². The zero-order valence-corrected chi connectivity index (χ0v) is 29.9. The zero-order chi connectivity index (χ0) is 33.2. The second kappa shape index (κ2) is 14.4. The summed E-state index contributed by atoms with van der Waals surface area (Å²) in [5.74, 6) is 0. The molecule has 9 rings (SSSR count). The Balaban J connectivity index is 0.000000255. The molecule has 0 amide bonds. The van der Waals surface area contributed by atoms with Gasteiger partial charge in [0.2, 0.25) is 0 Å². The van der Waals surface area contributed by atoms with Gasteiger partial charge in [0.15, 0.2) is 0 Å². The minimum Gasteiger partial charge on any atom is -0.500 e. The van der Waals surface area contributed by atoms with Crippen LogP contribution in [0.3, 0.4) is 0 Å². The molecule has 0 fully saturated rings. The number of rotatable bonds is 4. The van der Waals surface area contributed by atoms with Gasteiger partial charge in [-0.3, -0.25) is 4.98 Å². The molecule has 0 atom stereocenters. The quantitative estimate of drug-likeness (QED) is 0.166. The average molecular weight is 822 g/mol. The fourth-order valence-electron chi connectivity index (χ4n) is 6.43. The summed E-state index contributed by atoms with van der Waals surface area (Å²) in [5.41, 5.74) is 12.4.